The summed E-state index contributed by atoms with van der Waals surface area (Å²) in [7, 11) is -1.28. The van der Waals surface area contributed by atoms with E-state index in [9.17, 15) is 8.42 Å². The van der Waals surface area contributed by atoms with Crippen molar-refractivity contribution in [3.63, 3.8) is 0 Å². The first kappa shape index (κ1) is 21.6. The van der Waals surface area contributed by atoms with Gasteiger partial charge in [-0.15, -0.1) is 0 Å². The fraction of sp³-hybridized carbons (Fsp3) is 0.478. The summed E-state index contributed by atoms with van der Waals surface area (Å²) in [5, 5.41) is 0.557. The van der Waals surface area contributed by atoms with Gasteiger partial charge >= 0.3 is 0 Å². The van der Waals surface area contributed by atoms with Crippen molar-refractivity contribution in [1.29, 1.82) is 0 Å². The minimum Gasteiger partial charge on any atom is -0.369 e. The van der Waals surface area contributed by atoms with Gasteiger partial charge in [-0.1, -0.05) is 29.8 Å². The third-order valence-corrected chi connectivity index (χ3v) is 7.91. The smallest absolute Gasteiger partial charge is 0.216 e. The molecule has 1 fully saturated rings. The van der Waals surface area contributed by atoms with E-state index in [1.54, 1.807) is 24.3 Å². The van der Waals surface area contributed by atoms with Crippen LogP contribution in [0.1, 0.15) is 28.7 Å². The van der Waals surface area contributed by atoms with Crippen molar-refractivity contribution in [2.75, 3.05) is 38.1 Å². The first-order chi connectivity index (χ1) is 14.3. The highest BCUT2D eigenvalue weighted by atomic mass is 35.5. The van der Waals surface area contributed by atoms with Crippen molar-refractivity contribution in [1.82, 2.24) is 9.62 Å². The molecule has 0 unspecified atom stereocenters. The van der Waals surface area contributed by atoms with Gasteiger partial charge in [-0.2, -0.15) is 0 Å². The lowest BCUT2D eigenvalue weighted by Gasteiger charge is -2.37. The number of nitrogens with one attached hydrogen (secondary N) is 1. The number of anilines is 1. The number of rotatable bonds is 5. The van der Waals surface area contributed by atoms with Crippen LogP contribution in [0.2, 0.25) is 5.02 Å². The molecular weight excluding hydrogens is 418 g/mol. The van der Waals surface area contributed by atoms with E-state index in [2.05, 4.69) is 40.6 Å². The Kier molecular flexibility index (Phi) is 6.39. The molecule has 1 aliphatic carbocycles. The summed E-state index contributed by atoms with van der Waals surface area (Å²) in [6, 6.07) is 11.4. The monoisotopic (exact) mass is 447 g/mol. The van der Waals surface area contributed by atoms with Crippen LogP contribution < -0.4 is 9.62 Å². The SMILES string of the molecule is Cc1ccc(N2CCN(C)CC2)c2c1CC[C@@H](NS(=O)(=O)Cc1cccc(Cl)c1)C2. The molecule has 0 bridgehead atoms. The molecule has 4 rings (SSSR count). The molecule has 1 N–H and O–H groups in total. The third kappa shape index (κ3) is 4.99. The molecule has 1 aliphatic heterocycles. The van der Waals surface area contributed by atoms with Crippen molar-refractivity contribution < 1.29 is 8.42 Å². The molecule has 2 aromatic rings. The van der Waals surface area contributed by atoms with Crippen LogP contribution in [0.5, 0.6) is 0 Å². The Bertz CT molecular complexity index is 1020. The number of hydrogen-bond donors (Lipinski definition) is 1. The minimum atomic E-state index is -3.44. The average Bonchev–Trinajstić information content (AvgIpc) is 2.68. The second kappa shape index (κ2) is 8.87. The van der Waals surface area contributed by atoms with Gasteiger partial charge in [-0.25, -0.2) is 13.1 Å². The lowest BCUT2D eigenvalue weighted by molar-refractivity contribution is 0.312. The van der Waals surface area contributed by atoms with Gasteiger partial charge in [0.2, 0.25) is 10.0 Å². The Morgan fingerprint density at radius 2 is 1.87 bits per heavy atom. The highest BCUT2D eigenvalue weighted by molar-refractivity contribution is 7.88. The Morgan fingerprint density at radius 3 is 2.60 bits per heavy atom. The van der Waals surface area contributed by atoms with Crippen molar-refractivity contribution in [3.05, 3.63) is 63.7 Å². The van der Waals surface area contributed by atoms with Gasteiger partial charge in [0.25, 0.3) is 0 Å². The summed E-state index contributed by atoms with van der Waals surface area (Å²) in [5.41, 5.74) is 6.02. The third-order valence-electron chi connectivity index (χ3n) is 6.27. The number of piperazine rings is 1. The summed E-state index contributed by atoms with van der Waals surface area (Å²) in [6.07, 6.45) is 2.48. The number of benzene rings is 2. The van der Waals surface area contributed by atoms with Crippen LogP contribution in [-0.4, -0.2) is 52.6 Å². The maximum atomic E-state index is 12.8. The van der Waals surface area contributed by atoms with E-state index in [1.807, 2.05) is 0 Å². The van der Waals surface area contributed by atoms with Gasteiger partial charge in [0, 0.05) is 42.9 Å². The molecule has 0 spiro atoms. The molecule has 1 heterocycles. The number of sulfonamides is 1. The van der Waals surface area contributed by atoms with Gasteiger partial charge in [-0.3, -0.25) is 0 Å². The van der Waals surface area contributed by atoms with Crippen LogP contribution in [0.4, 0.5) is 5.69 Å². The van der Waals surface area contributed by atoms with Gasteiger partial charge in [0.1, 0.15) is 0 Å². The highest BCUT2D eigenvalue weighted by Crippen LogP contribution is 2.33. The molecule has 30 heavy (non-hydrogen) atoms. The molecule has 5 nitrogen and oxygen atoms in total. The Morgan fingerprint density at radius 1 is 1.10 bits per heavy atom. The number of hydrogen-bond acceptors (Lipinski definition) is 4. The summed E-state index contributed by atoms with van der Waals surface area (Å²) in [6.45, 7) is 6.29. The number of halogens is 1. The van der Waals surface area contributed by atoms with E-state index in [4.69, 9.17) is 11.6 Å². The lowest BCUT2D eigenvalue weighted by atomic mass is 9.84. The van der Waals surface area contributed by atoms with Crippen LogP contribution in [0.25, 0.3) is 0 Å². The maximum absolute atomic E-state index is 12.8. The summed E-state index contributed by atoms with van der Waals surface area (Å²) in [5.74, 6) is -0.0456. The molecule has 0 amide bonds. The van der Waals surface area contributed by atoms with E-state index < -0.39 is 10.0 Å². The minimum absolute atomic E-state index is 0.0456. The van der Waals surface area contributed by atoms with E-state index in [0.717, 1.165) is 45.4 Å². The molecule has 7 heteroatoms. The first-order valence-electron chi connectivity index (χ1n) is 10.6. The van der Waals surface area contributed by atoms with E-state index in [1.165, 1.54) is 22.4 Å². The zero-order valence-electron chi connectivity index (χ0n) is 17.7. The molecule has 0 saturated carbocycles. The van der Waals surface area contributed by atoms with Crippen LogP contribution in [0, 0.1) is 6.92 Å². The van der Waals surface area contributed by atoms with Crippen LogP contribution in [0.3, 0.4) is 0 Å². The van der Waals surface area contributed by atoms with Gasteiger partial charge < -0.3 is 9.80 Å². The van der Waals surface area contributed by atoms with E-state index in [-0.39, 0.29) is 11.8 Å². The zero-order valence-corrected chi connectivity index (χ0v) is 19.3. The Balaban J connectivity index is 1.51. The topological polar surface area (TPSA) is 52.6 Å². The second-order valence-electron chi connectivity index (χ2n) is 8.60. The predicted molar refractivity (Wildman–Crippen MR) is 124 cm³/mol. The van der Waals surface area contributed by atoms with Crippen LogP contribution >= 0.6 is 11.6 Å². The van der Waals surface area contributed by atoms with Crippen molar-refractivity contribution in [2.24, 2.45) is 0 Å². The fourth-order valence-electron chi connectivity index (χ4n) is 4.63. The van der Waals surface area contributed by atoms with E-state index in [0.29, 0.717) is 10.6 Å². The lowest BCUT2D eigenvalue weighted by Crippen LogP contribution is -2.45. The Labute approximate surface area is 185 Å². The van der Waals surface area contributed by atoms with Gasteiger partial charge in [0.05, 0.1) is 5.75 Å². The molecule has 162 valence electrons. The number of likely N-dealkylation sites (N-methyl/N-ethyl adjacent to an activating group) is 1. The standard InChI is InChI=1S/C23H30ClN3O2S/c1-17-6-9-23(27-12-10-26(2)11-13-27)22-15-20(7-8-21(17)22)25-30(28,29)16-18-4-3-5-19(24)14-18/h3-6,9,14,20,25H,7-8,10-13,15-16H2,1-2H3/t20-/m1/s1. The van der Waals surface area contributed by atoms with Crippen LogP contribution in [0.15, 0.2) is 36.4 Å². The van der Waals surface area contributed by atoms with Crippen molar-refractivity contribution >= 4 is 27.3 Å². The second-order valence-corrected chi connectivity index (χ2v) is 10.8. The predicted octanol–water partition coefficient (Wildman–Crippen LogP) is 3.38. The van der Waals surface area contributed by atoms with Crippen LogP contribution in [-0.2, 0) is 28.6 Å². The van der Waals surface area contributed by atoms with Gasteiger partial charge in [-0.05, 0) is 73.7 Å². The van der Waals surface area contributed by atoms with Gasteiger partial charge in [0.15, 0.2) is 0 Å². The normalized spacial score (nSPS) is 20.2. The quantitative estimate of drug-likeness (QED) is 0.763. The molecule has 1 atom stereocenters. The summed E-state index contributed by atoms with van der Waals surface area (Å²) in [4.78, 5) is 4.81. The molecule has 2 aliphatic rings. The maximum Gasteiger partial charge on any atom is 0.216 e. The zero-order chi connectivity index (χ0) is 21.3. The molecule has 0 radical (unpaired) electrons. The Hall–Kier alpha value is -1.60. The number of aryl methyl sites for hydroxylation is 1. The van der Waals surface area contributed by atoms with E-state index >= 15 is 0 Å². The molecule has 2 aromatic carbocycles. The summed E-state index contributed by atoms with van der Waals surface area (Å²) >= 11 is 6.01. The first-order valence-corrected chi connectivity index (χ1v) is 12.6. The number of fused-ring (bicyclic) bond motifs is 1. The molecular formula is C23H30ClN3O2S. The largest absolute Gasteiger partial charge is 0.369 e. The highest BCUT2D eigenvalue weighted by Gasteiger charge is 2.28. The molecule has 0 aromatic heterocycles. The average molecular weight is 448 g/mol. The molecule has 1 saturated heterocycles. The van der Waals surface area contributed by atoms with Crippen molar-refractivity contribution in [3.8, 4) is 0 Å². The van der Waals surface area contributed by atoms with Crippen molar-refractivity contribution in [2.45, 2.75) is 38.0 Å². The summed E-state index contributed by atoms with van der Waals surface area (Å²) < 4.78 is 28.6. The fourth-order valence-corrected chi connectivity index (χ4v) is 6.25. The number of nitrogens with zero attached hydrogens (tertiary/aromatic N) is 2.